The smallest absolute Gasteiger partial charge is 0.156 e. The number of nitrogens with zero attached hydrogens (tertiary/aromatic N) is 1. The van der Waals surface area contributed by atoms with Crippen molar-refractivity contribution in [3.8, 4) is 0 Å². The van der Waals surface area contributed by atoms with Gasteiger partial charge in [0.2, 0.25) is 0 Å². The zero-order valence-corrected chi connectivity index (χ0v) is 11.8. The molecule has 1 fully saturated rings. The molecule has 98 valence electrons. The highest BCUT2D eigenvalue weighted by Crippen LogP contribution is 2.25. The maximum absolute atomic E-state index is 5.48. The Hall–Kier alpha value is -0.220. The average molecular weight is 256 g/mol. The van der Waals surface area contributed by atoms with E-state index in [1.54, 1.807) is 0 Å². The molecule has 2 unspecified atom stereocenters. The minimum Gasteiger partial charge on any atom is -0.381 e. The summed E-state index contributed by atoms with van der Waals surface area (Å²) in [5.41, 5.74) is 0. The van der Waals surface area contributed by atoms with E-state index in [0.717, 1.165) is 37.4 Å². The zero-order chi connectivity index (χ0) is 12.1. The minimum absolute atomic E-state index is 0.677. The van der Waals surface area contributed by atoms with Crippen LogP contribution < -0.4 is 5.32 Å². The van der Waals surface area contributed by atoms with Crippen molar-refractivity contribution < 1.29 is 4.74 Å². The van der Waals surface area contributed by atoms with Crippen molar-refractivity contribution in [2.24, 2.45) is 16.8 Å². The topological polar surface area (TPSA) is 33.6 Å². The van der Waals surface area contributed by atoms with Crippen LogP contribution in [0.3, 0.4) is 0 Å². The van der Waals surface area contributed by atoms with E-state index in [4.69, 9.17) is 4.74 Å². The first-order valence-electron chi connectivity index (χ1n) is 6.76. The van der Waals surface area contributed by atoms with E-state index in [1.165, 1.54) is 19.3 Å². The Kier molecular flexibility index (Phi) is 5.16. The fourth-order valence-electron chi connectivity index (χ4n) is 2.36. The van der Waals surface area contributed by atoms with Crippen molar-refractivity contribution in [3.63, 3.8) is 0 Å². The normalized spacial score (nSPS) is 29.5. The van der Waals surface area contributed by atoms with E-state index in [9.17, 15) is 0 Å². The summed E-state index contributed by atoms with van der Waals surface area (Å²) >= 11 is 1.93. The Morgan fingerprint density at radius 3 is 3.12 bits per heavy atom. The summed E-state index contributed by atoms with van der Waals surface area (Å²) < 4.78 is 5.48. The van der Waals surface area contributed by atoms with Crippen LogP contribution in [0.15, 0.2) is 4.99 Å². The molecule has 2 rings (SSSR count). The van der Waals surface area contributed by atoms with Crippen molar-refractivity contribution in [1.29, 1.82) is 0 Å². The summed E-state index contributed by atoms with van der Waals surface area (Å²) in [4.78, 5) is 4.58. The van der Waals surface area contributed by atoms with Crippen LogP contribution in [0, 0.1) is 11.8 Å². The van der Waals surface area contributed by atoms with Crippen LogP contribution in [-0.4, -0.2) is 36.7 Å². The van der Waals surface area contributed by atoms with Gasteiger partial charge in [-0.3, -0.25) is 4.99 Å². The molecule has 1 N–H and O–H groups in total. The molecule has 3 nitrogen and oxygen atoms in total. The van der Waals surface area contributed by atoms with E-state index in [2.05, 4.69) is 24.2 Å². The third-order valence-corrected chi connectivity index (χ3v) is 4.42. The molecule has 0 aliphatic carbocycles. The summed E-state index contributed by atoms with van der Waals surface area (Å²) in [6, 6.07) is 0. The monoisotopic (exact) mass is 256 g/mol. The predicted molar refractivity (Wildman–Crippen MR) is 74.7 cm³/mol. The number of rotatable bonds is 4. The molecule has 0 radical (unpaired) electrons. The number of nitrogens with one attached hydrogen (secondary N) is 1. The molecule has 2 atom stereocenters. The van der Waals surface area contributed by atoms with Crippen molar-refractivity contribution in [1.82, 2.24) is 5.32 Å². The average Bonchev–Trinajstić information content (AvgIpc) is 2.75. The van der Waals surface area contributed by atoms with Crippen LogP contribution in [0.1, 0.15) is 33.1 Å². The third-order valence-electron chi connectivity index (χ3n) is 3.25. The number of hydrogen-bond acceptors (Lipinski definition) is 4. The summed E-state index contributed by atoms with van der Waals surface area (Å²) in [6.07, 6.45) is 3.77. The van der Waals surface area contributed by atoms with Crippen molar-refractivity contribution >= 4 is 16.9 Å². The SMILES string of the molecule is CC(C)CC1CN=C(NCC2CCCOC2)S1. The second kappa shape index (κ2) is 6.64. The molecule has 2 aliphatic rings. The lowest BCUT2D eigenvalue weighted by atomic mass is 10.0. The Balaban J connectivity index is 1.63. The van der Waals surface area contributed by atoms with Crippen LogP contribution in [0.4, 0.5) is 0 Å². The molecule has 2 heterocycles. The van der Waals surface area contributed by atoms with Crippen LogP contribution in [0.5, 0.6) is 0 Å². The Morgan fingerprint density at radius 1 is 1.53 bits per heavy atom. The Morgan fingerprint density at radius 2 is 2.41 bits per heavy atom. The van der Waals surface area contributed by atoms with E-state index in [1.807, 2.05) is 11.8 Å². The number of aliphatic imine (C=N–C) groups is 1. The molecule has 4 heteroatoms. The molecule has 0 aromatic rings. The number of hydrogen-bond donors (Lipinski definition) is 1. The first kappa shape index (κ1) is 13.2. The Labute approximate surface area is 109 Å². The first-order chi connectivity index (χ1) is 8.24. The molecule has 0 saturated carbocycles. The summed E-state index contributed by atoms with van der Waals surface area (Å²) in [5, 5.41) is 5.34. The Bertz CT molecular complexity index is 262. The molecule has 0 spiro atoms. The second-order valence-corrected chi connectivity index (χ2v) is 6.77. The molecular weight excluding hydrogens is 232 g/mol. The van der Waals surface area contributed by atoms with E-state index >= 15 is 0 Å². The molecule has 17 heavy (non-hydrogen) atoms. The predicted octanol–water partition coefficient (Wildman–Crippen LogP) is 2.52. The van der Waals surface area contributed by atoms with E-state index in [-0.39, 0.29) is 0 Å². The fraction of sp³-hybridized carbons (Fsp3) is 0.923. The minimum atomic E-state index is 0.677. The van der Waals surface area contributed by atoms with Gasteiger partial charge in [-0.15, -0.1) is 0 Å². The van der Waals surface area contributed by atoms with Gasteiger partial charge in [-0.25, -0.2) is 0 Å². The van der Waals surface area contributed by atoms with Crippen LogP contribution in [-0.2, 0) is 4.74 Å². The maximum atomic E-state index is 5.48. The summed E-state index contributed by atoms with van der Waals surface area (Å²) in [7, 11) is 0. The number of thioether (sulfide) groups is 1. The van der Waals surface area contributed by atoms with Gasteiger partial charge in [-0.05, 0) is 31.1 Å². The van der Waals surface area contributed by atoms with Crippen LogP contribution in [0.2, 0.25) is 0 Å². The molecule has 2 aliphatic heterocycles. The van der Waals surface area contributed by atoms with Crippen LogP contribution in [0.25, 0.3) is 0 Å². The zero-order valence-electron chi connectivity index (χ0n) is 10.9. The van der Waals surface area contributed by atoms with Crippen molar-refractivity contribution in [3.05, 3.63) is 0 Å². The van der Waals surface area contributed by atoms with Crippen molar-refractivity contribution in [2.45, 2.75) is 38.4 Å². The standard InChI is InChI=1S/C13H24N2OS/c1-10(2)6-12-8-15-13(17-12)14-7-11-4-3-5-16-9-11/h10-12H,3-9H2,1-2H3,(H,14,15). The largest absolute Gasteiger partial charge is 0.381 e. The fourth-order valence-corrected chi connectivity index (χ4v) is 3.62. The van der Waals surface area contributed by atoms with Gasteiger partial charge in [0.25, 0.3) is 0 Å². The lowest BCUT2D eigenvalue weighted by molar-refractivity contribution is 0.0565. The number of amidine groups is 1. The molecule has 0 bridgehead atoms. The van der Waals surface area contributed by atoms with Gasteiger partial charge in [0, 0.05) is 18.4 Å². The van der Waals surface area contributed by atoms with Gasteiger partial charge in [-0.2, -0.15) is 0 Å². The second-order valence-electron chi connectivity index (χ2n) is 5.48. The van der Waals surface area contributed by atoms with Gasteiger partial charge in [0.1, 0.15) is 0 Å². The molecule has 1 saturated heterocycles. The van der Waals surface area contributed by atoms with E-state index in [0.29, 0.717) is 11.2 Å². The molecule has 0 aromatic carbocycles. The first-order valence-corrected chi connectivity index (χ1v) is 7.64. The van der Waals surface area contributed by atoms with Crippen LogP contribution >= 0.6 is 11.8 Å². The van der Waals surface area contributed by atoms with Gasteiger partial charge >= 0.3 is 0 Å². The lowest BCUT2D eigenvalue weighted by Gasteiger charge is -2.22. The maximum Gasteiger partial charge on any atom is 0.156 e. The van der Waals surface area contributed by atoms with E-state index < -0.39 is 0 Å². The molecule has 0 aromatic heterocycles. The van der Waals surface area contributed by atoms with Gasteiger partial charge in [0.15, 0.2) is 5.17 Å². The van der Waals surface area contributed by atoms with Gasteiger partial charge in [0.05, 0.1) is 13.2 Å². The highest BCUT2D eigenvalue weighted by atomic mass is 32.2. The van der Waals surface area contributed by atoms with Gasteiger partial charge < -0.3 is 10.1 Å². The lowest BCUT2D eigenvalue weighted by Crippen LogP contribution is -2.31. The molecular formula is C13H24N2OS. The highest BCUT2D eigenvalue weighted by molar-refractivity contribution is 8.14. The third kappa shape index (κ3) is 4.51. The van der Waals surface area contributed by atoms with Crippen molar-refractivity contribution in [2.75, 3.05) is 26.3 Å². The number of ether oxygens (including phenoxy) is 1. The molecule has 0 amide bonds. The van der Waals surface area contributed by atoms with Gasteiger partial charge in [-0.1, -0.05) is 25.6 Å². The summed E-state index contributed by atoms with van der Waals surface area (Å²) in [5.74, 6) is 1.45. The highest BCUT2D eigenvalue weighted by Gasteiger charge is 2.21. The summed E-state index contributed by atoms with van der Waals surface area (Å²) in [6.45, 7) is 8.45. The quantitative estimate of drug-likeness (QED) is 0.839.